The van der Waals surface area contributed by atoms with Crippen LogP contribution >= 0.6 is 0 Å². The SMILES string of the molecule is CCN1CCc2nc3ccccc3c(C(=O)Nc3ccc(C)cc3C(=O)O)c2C1. The first-order valence-electron chi connectivity index (χ1n) is 9.76. The van der Waals surface area contributed by atoms with Gasteiger partial charge in [0.25, 0.3) is 5.91 Å². The van der Waals surface area contributed by atoms with E-state index in [1.54, 1.807) is 18.2 Å². The van der Waals surface area contributed by atoms with Crippen LogP contribution in [-0.2, 0) is 13.0 Å². The molecule has 1 aliphatic rings. The Kier molecular flexibility index (Phi) is 5.03. The summed E-state index contributed by atoms with van der Waals surface area (Å²) in [5.74, 6) is -1.37. The van der Waals surface area contributed by atoms with Gasteiger partial charge in [0, 0.05) is 36.2 Å². The number of hydrogen-bond acceptors (Lipinski definition) is 4. The van der Waals surface area contributed by atoms with Gasteiger partial charge >= 0.3 is 5.97 Å². The first kappa shape index (κ1) is 19.1. The van der Waals surface area contributed by atoms with E-state index in [4.69, 9.17) is 4.98 Å². The zero-order valence-electron chi connectivity index (χ0n) is 16.5. The second kappa shape index (κ2) is 7.64. The van der Waals surface area contributed by atoms with Gasteiger partial charge < -0.3 is 10.4 Å². The van der Waals surface area contributed by atoms with Gasteiger partial charge in [-0.25, -0.2) is 4.79 Å². The van der Waals surface area contributed by atoms with Gasteiger partial charge in [-0.05, 0) is 31.7 Å². The number of carbonyl (C=O) groups is 2. The Hall–Kier alpha value is -3.25. The zero-order chi connectivity index (χ0) is 20.5. The molecule has 1 aromatic heterocycles. The summed E-state index contributed by atoms with van der Waals surface area (Å²) in [7, 11) is 0. The van der Waals surface area contributed by atoms with Crippen molar-refractivity contribution >= 4 is 28.5 Å². The van der Waals surface area contributed by atoms with Gasteiger partial charge in [0.1, 0.15) is 0 Å². The summed E-state index contributed by atoms with van der Waals surface area (Å²) in [6.45, 7) is 6.40. The monoisotopic (exact) mass is 389 g/mol. The Bertz CT molecular complexity index is 1120. The standard InChI is InChI=1S/C23H23N3O3/c1-3-26-11-10-20-17(13-26)21(15-6-4-5-7-18(15)24-20)22(27)25-19-9-8-14(2)12-16(19)23(28)29/h4-9,12H,3,10-11,13H2,1-2H3,(H,25,27)(H,28,29). The number of para-hydroxylation sites is 1. The predicted octanol–water partition coefficient (Wildman–Crippen LogP) is 3.87. The second-order valence-corrected chi connectivity index (χ2v) is 7.36. The molecule has 0 radical (unpaired) electrons. The fourth-order valence-electron chi connectivity index (χ4n) is 3.90. The third-order valence-electron chi connectivity index (χ3n) is 5.45. The number of aryl methyl sites for hydroxylation is 1. The van der Waals surface area contributed by atoms with Crippen LogP contribution in [0.4, 0.5) is 5.69 Å². The van der Waals surface area contributed by atoms with Crippen LogP contribution in [0.1, 0.15) is 44.5 Å². The molecule has 2 heterocycles. The van der Waals surface area contributed by atoms with Crippen molar-refractivity contribution in [2.45, 2.75) is 26.8 Å². The molecule has 2 aromatic carbocycles. The van der Waals surface area contributed by atoms with Crippen molar-refractivity contribution in [2.24, 2.45) is 0 Å². The Morgan fingerprint density at radius 3 is 2.76 bits per heavy atom. The molecule has 1 aliphatic heterocycles. The Balaban J connectivity index is 1.83. The molecule has 0 saturated carbocycles. The van der Waals surface area contributed by atoms with Crippen molar-refractivity contribution < 1.29 is 14.7 Å². The number of aromatic carboxylic acids is 1. The van der Waals surface area contributed by atoms with Gasteiger partial charge in [-0.15, -0.1) is 0 Å². The van der Waals surface area contributed by atoms with E-state index in [-0.39, 0.29) is 11.5 Å². The number of amides is 1. The molecule has 0 spiro atoms. The van der Waals surface area contributed by atoms with Gasteiger partial charge in [-0.1, -0.05) is 36.8 Å². The lowest BCUT2D eigenvalue weighted by atomic mass is 9.95. The molecular weight excluding hydrogens is 366 g/mol. The largest absolute Gasteiger partial charge is 0.478 e. The Morgan fingerprint density at radius 1 is 1.21 bits per heavy atom. The first-order valence-corrected chi connectivity index (χ1v) is 9.76. The van der Waals surface area contributed by atoms with E-state index in [1.165, 1.54) is 0 Å². The number of nitrogens with one attached hydrogen (secondary N) is 1. The Morgan fingerprint density at radius 2 is 2.00 bits per heavy atom. The van der Waals surface area contributed by atoms with E-state index in [1.807, 2.05) is 31.2 Å². The fraction of sp³-hybridized carbons (Fsp3) is 0.261. The number of carboxylic acids is 1. The predicted molar refractivity (Wildman–Crippen MR) is 112 cm³/mol. The molecule has 0 aliphatic carbocycles. The smallest absolute Gasteiger partial charge is 0.337 e. The number of anilines is 1. The van der Waals surface area contributed by atoms with Gasteiger partial charge in [-0.3, -0.25) is 14.7 Å². The number of carbonyl (C=O) groups excluding carboxylic acids is 1. The number of fused-ring (bicyclic) bond motifs is 2. The van der Waals surface area contributed by atoms with Crippen LogP contribution in [0.2, 0.25) is 0 Å². The molecular formula is C23H23N3O3. The molecule has 0 atom stereocenters. The number of benzene rings is 2. The first-order chi connectivity index (χ1) is 14.0. The summed E-state index contributed by atoms with van der Waals surface area (Å²) in [6, 6.07) is 12.6. The number of aromatic nitrogens is 1. The maximum atomic E-state index is 13.4. The molecule has 1 amide bonds. The average molecular weight is 389 g/mol. The molecule has 0 bridgehead atoms. The lowest BCUT2D eigenvalue weighted by Gasteiger charge is -2.29. The van der Waals surface area contributed by atoms with Gasteiger partial charge in [0.05, 0.1) is 22.3 Å². The minimum absolute atomic E-state index is 0.0840. The molecule has 29 heavy (non-hydrogen) atoms. The number of carboxylic acid groups (broad SMARTS) is 1. The van der Waals surface area contributed by atoms with Gasteiger partial charge in [0.15, 0.2) is 0 Å². The Labute approximate surface area is 169 Å². The van der Waals surface area contributed by atoms with Crippen molar-refractivity contribution in [3.8, 4) is 0 Å². The van der Waals surface area contributed by atoms with Crippen molar-refractivity contribution in [2.75, 3.05) is 18.4 Å². The fourth-order valence-corrected chi connectivity index (χ4v) is 3.90. The molecule has 148 valence electrons. The molecule has 6 heteroatoms. The summed E-state index contributed by atoms with van der Waals surface area (Å²) in [6.07, 6.45) is 0.791. The van der Waals surface area contributed by atoms with Gasteiger partial charge in [0.2, 0.25) is 0 Å². The lowest BCUT2D eigenvalue weighted by molar-refractivity contribution is 0.0698. The third kappa shape index (κ3) is 3.59. The number of nitrogens with zero attached hydrogens (tertiary/aromatic N) is 2. The topological polar surface area (TPSA) is 82.5 Å². The van der Waals surface area contributed by atoms with E-state index in [9.17, 15) is 14.7 Å². The average Bonchev–Trinajstić information content (AvgIpc) is 2.72. The molecule has 0 saturated heterocycles. The highest BCUT2D eigenvalue weighted by Gasteiger charge is 2.26. The number of likely N-dealkylation sites (N-methyl/N-ethyl adjacent to an activating group) is 1. The molecule has 2 N–H and O–H groups in total. The molecule has 0 unspecified atom stereocenters. The highest BCUT2D eigenvalue weighted by atomic mass is 16.4. The summed E-state index contributed by atoms with van der Waals surface area (Å²) >= 11 is 0. The van der Waals surface area contributed by atoms with Crippen molar-refractivity contribution in [1.82, 2.24) is 9.88 Å². The second-order valence-electron chi connectivity index (χ2n) is 7.36. The summed E-state index contributed by atoms with van der Waals surface area (Å²) < 4.78 is 0. The normalized spacial score (nSPS) is 13.9. The molecule has 6 nitrogen and oxygen atoms in total. The van der Waals surface area contributed by atoms with Crippen molar-refractivity contribution in [3.05, 3.63) is 70.4 Å². The van der Waals surface area contributed by atoms with Gasteiger partial charge in [-0.2, -0.15) is 0 Å². The number of pyridine rings is 1. The molecule has 4 rings (SSSR count). The van der Waals surface area contributed by atoms with Crippen molar-refractivity contribution in [1.29, 1.82) is 0 Å². The highest BCUT2D eigenvalue weighted by Crippen LogP contribution is 2.29. The quantitative estimate of drug-likeness (QED) is 0.708. The maximum Gasteiger partial charge on any atom is 0.337 e. The number of rotatable bonds is 4. The summed E-state index contributed by atoms with van der Waals surface area (Å²) in [5.41, 5.74) is 4.45. The maximum absolute atomic E-state index is 13.4. The van der Waals surface area contributed by atoms with Crippen LogP contribution in [-0.4, -0.2) is 40.0 Å². The molecule has 0 fully saturated rings. The van der Waals surface area contributed by atoms with E-state index in [0.717, 1.165) is 47.2 Å². The van der Waals surface area contributed by atoms with Crippen LogP contribution in [0.25, 0.3) is 10.9 Å². The van der Waals surface area contributed by atoms with Crippen LogP contribution in [0.15, 0.2) is 42.5 Å². The van der Waals surface area contributed by atoms with Crippen LogP contribution in [0, 0.1) is 6.92 Å². The van der Waals surface area contributed by atoms with Crippen LogP contribution < -0.4 is 5.32 Å². The van der Waals surface area contributed by atoms with E-state index in [0.29, 0.717) is 17.8 Å². The molecule has 3 aromatic rings. The lowest BCUT2D eigenvalue weighted by Crippen LogP contribution is -2.33. The van der Waals surface area contributed by atoms with E-state index in [2.05, 4.69) is 17.1 Å². The third-order valence-corrected chi connectivity index (χ3v) is 5.45. The number of hydrogen-bond donors (Lipinski definition) is 2. The minimum Gasteiger partial charge on any atom is -0.478 e. The summed E-state index contributed by atoms with van der Waals surface area (Å²) in [4.78, 5) is 32.1. The van der Waals surface area contributed by atoms with Crippen molar-refractivity contribution in [3.63, 3.8) is 0 Å². The minimum atomic E-state index is -1.07. The highest BCUT2D eigenvalue weighted by molar-refractivity contribution is 6.15. The van der Waals surface area contributed by atoms with E-state index >= 15 is 0 Å². The van der Waals surface area contributed by atoms with Crippen LogP contribution in [0.3, 0.4) is 0 Å². The zero-order valence-corrected chi connectivity index (χ0v) is 16.5. The summed E-state index contributed by atoms with van der Waals surface area (Å²) in [5, 5.41) is 13.2. The van der Waals surface area contributed by atoms with E-state index < -0.39 is 5.97 Å². The van der Waals surface area contributed by atoms with Crippen LogP contribution in [0.5, 0.6) is 0 Å².